The number of carbonyl (C=O) groups is 2. The normalized spacial score (nSPS) is 10.6. The number of hydrogen-bond donors (Lipinski definition) is 2. The zero-order valence-corrected chi connectivity index (χ0v) is 15.1. The summed E-state index contributed by atoms with van der Waals surface area (Å²) in [6.07, 6.45) is 8.90. The molecule has 24 heavy (non-hydrogen) atoms. The van der Waals surface area contributed by atoms with E-state index in [9.17, 15) is 9.59 Å². The van der Waals surface area contributed by atoms with E-state index in [2.05, 4.69) is 5.32 Å². The Hall–Kier alpha value is -1.84. The van der Waals surface area contributed by atoms with Gasteiger partial charge < -0.3 is 10.4 Å². The topological polar surface area (TPSA) is 66.4 Å². The van der Waals surface area contributed by atoms with Gasteiger partial charge in [-0.2, -0.15) is 0 Å². The lowest BCUT2D eigenvalue weighted by Crippen LogP contribution is -2.24. The summed E-state index contributed by atoms with van der Waals surface area (Å²) in [5.41, 5.74) is 3.08. The number of nitrogens with one attached hydrogen (secondary N) is 1. The second kappa shape index (κ2) is 11.7. The van der Waals surface area contributed by atoms with Gasteiger partial charge in [-0.3, -0.25) is 9.59 Å². The zero-order valence-electron chi connectivity index (χ0n) is 15.1. The van der Waals surface area contributed by atoms with E-state index >= 15 is 0 Å². The molecule has 1 amide bonds. The molecule has 0 heterocycles. The van der Waals surface area contributed by atoms with Crippen LogP contribution in [0.4, 0.5) is 0 Å². The Labute approximate surface area is 145 Å². The molecule has 0 aromatic heterocycles. The minimum Gasteiger partial charge on any atom is -0.481 e. The first-order valence-electron chi connectivity index (χ1n) is 9.08. The maximum Gasteiger partial charge on any atom is 0.303 e. The largest absolute Gasteiger partial charge is 0.481 e. The fourth-order valence-electron chi connectivity index (χ4n) is 2.65. The molecule has 0 bridgehead atoms. The SMILES string of the molecule is Cc1ccc(C(=O)NCCCCCCCCCCC(=O)O)cc1C. The number of unbranched alkanes of at least 4 members (excludes halogenated alkanes) is 7. The van der Waals surface area contributed by atoms with Crippen LogP contribution in [0.2, 0.25) is 0 Å². The zero-order chi connectivity index (χ0) is 17.8. The number of rotatable bonds is 12. The van der Waals surface area contributed by atoms with Gasteiger partial charge in [-0.25, -0.2) is 0 Å². The second-order valence-corrected chi connectivity index (χ2v) is 6.53. The third kappa shape index (κ3) is 8.70. The van der Waals surface area contributed by atoms with Crippen molar-refractivity contribution >= 4 is 11.9 Å². The summed E-state index contributed by atoms with van der Waals surface area (Å²) in [5.74, 6) is -0.686. The van der Waals surface area contributed by atoms with E-state index in [-0.39, 0.29) is 5.91 Å². The molecule has 0 unspecified atom stereocenters. The molecule has 0 aliphatic carbocycles. The van der Waals surface area contributed by atoms with E-state index in [4.69, 9.17) is 5.11 Å². The molecule has 0 fully saturated rings. The highest BCUT2D eigenvalue weighted by Gasteiger charge is 2.05. The average molecular weight is 333 g/mol. The Kier molecular flexibility index (Phi) is 9.81. The highest BCUT2D eigenvalue weighted by Crippen LogP contribution is 2.11. The van der Waals surface area contributed by atoms with Gasteiger partial charge in [0.25, 0.3) is 5.91 Å². The first kappa shape index (κ1) is 20.2. The van der Waals surface area contributed by atoms with Gasteiger partial charge in [-0.05, 0) is 49.9 Å². The molecule has 0 aliphatic heterocycles. The lowest BCUT2D eigenvalue weighted by Gasteiger charge is -2.07. The van der Waals surface area contributed by atoms with Crippen LogP contribution in [0.1, 0.15) is 79.3 Å². The average Bonchev–Trinajstić information content (AvgIpc) is 2.54. The van der Waals surface area contributed by atoms with Crippen molar-refractivity contribution in [1.29, 1.82) is 0 Å². The van der Waals surface area contributed by atoms with E-state index in [1.807, 2.05) is 32.0 Å². The number of carboxylic acid groups (broad SMARTS) is 1. The Bertz CT molecular complexity index is 526. The molecular formula is C20H31NO3. The number of amides is 1. The number of benzene rings is 1. The third-order valence-corrected chi connectivity index (χ3v) is 4.37. The van der Waals surface area contributed by atoms with Gasteiger partial charge >= 0.3 is 5.97 Å². The lowest BCUT2D eigenvalue weighted by atomic mass is 10.1. The van der Waals surface area contributed by atoms with Crippen LogP contribution in [-0.2, 0) is 4.79 Å². The Balaban J connectivity index is 1.99. The lowest BCUT2D eigenvalue weighted by molar-refractivity contribution is -0.137. The van der Waals surface area contributed by atoms with Crippen LogP contribution in [0, 0.1) is 13.8 Å². The summed E-state index contributed by atoms with van der Waals surface area (Å²) in [7, 11) is 0. The number of hydrogen-bond acceptors (Lipinski definition) is 2. The molecule has 0 atom stereocenters. The maximum absolute atomic E-state index is 12.0. The van der Waals surface area contributed by atoms with Crippen LogP contribution >= 0.6 is 0 Å². The molecule has 1 aromatic carbocycles. The molecule has 0 saturated heterocycles. The van der Waals surface area contributed by atoms with Gasteiger partial charge in [-0.1, -0.05) is 44.6 Å². The predicted molar refractivity (Wildman–Crippen MR) is 97.4 cm³/mol. The molecular weight excluding hydrogens is 302 g/mol. The fraction of sp³-hybridized carbons (Fsp3) is 0.600. The molecule has 1 rings (SSSR count). The monoisotopic (exact) mass is 333 g/mol. The summed E-state index contributed by atoms with van der Waals surface area (Å²) >= 11 is 0. The molecule has 4 heteroatoms. The molecule has 4 nitrogen and oxygen atoms in total. The van der Waals surface area contributed by atoms with Crippen molar-refractivity contribution in [1.82, 2.24) is 5.32 Å². The standard InChI is InChI=1S/C20H31NO3/c1-16-12-13-18(15-17(16)2)20(24)21-14-10-8-6-4-3-5-7-9-11-19(22)23/h12-13,15H,3-11,14H2,1-2H3,(H,21,24)(H,22,23). The maximum atomic E-state index is 12.0. The molecule has 0 saturated carbocycles. The van der Waals surface area contributed by atoms with Crippen LogP contribution in [0.5, 0.6) is 0 Å². The van der Waals surface area contributed by atoms with E-state index in [0.717, 1.165) is 49.8 Å². The third-order valence-electron chi connectivity index (χ3n) is 4.37. The summed E-state index contributed by atoms with van der Waals surface area (Å²) in [6, 6.07) is 5.80. The molecule has 2 N–H and O–H groups in total. The van der Waals surface area contributed by atoms with E-state index in [1.165, 1.54) is 24.8 Å². The van der Waals surface area contributed by atoms with Gasteiger partial charge in [0.2, 0.25) is 0 Å². The van der Waals surface area contributed by atoms with Gasteiger partial charge in [0.15, 0.2) is 0 Å². The van der Waals surface area contributed by atoms with Gasteiger partial charge in [0.1, 0.15) is 0 Å². The van der Waals surface area contributed by atoms with E-state index in [1.54, 1.807) is 0 Å². The van der Waals surface area contributed by atoms with Crippen LogP contribution in [0.15, 0.2) is 18.2 Å². The van der Waals surface area contributed by atoms with Crippen LogP contribution < -0.4 is 5.32 Å². The van der Waals surface area contributed by atoms with Crippen LogP contribution in [0.25, 0.3) is 0 Å². The molecule has 0 spiro atoms. The molecule has 0 radical (unpaired) electrons. The van der Waals surface area contributed by atoms with Crippen molar-refractivity contribution in [3.63, 3.8) is 0 Å². The first-order valence-corrected chi connectivity index (χ1v) is 9.08. The minimum atomic E-state index is -0.696. The number of carboxylic acids is 1. The van der Waals surface area contributed by atoms with Crippen molar-refractivity contribution < 1.29 is 14.7 Å². The Morgan fingerprint density at radius 1 is 0.875 bits per heavy atom. The minimum absolute atomic E-state index is 0.0107. The fourth-order valence-corrected chi connectivity index (χ4v) is 2.65. The van der Waals surface area contributed by atoms with Crippen molar-refractivity contribution in [3.8, 4) is 0 Å². The van der Waals surface area contributed by atoms with Crippen molar-refractivity contribution in [2.24, 2.45) is 0 Å². The highest BCUT2D eigenvalue weighted by molar-refractivity contribution is 5.94. The van der Waals surface area contributed by atoms with Gasteiger partial charge in [0.05, 0.1) is 0 Å². The Morgan fingerprint density at radius 2 is 1.46 bits per heavy atom. The highest BCUT2D eigenvalue weighted by atomic mass is 16.4. The quantitative estimate of drug-likeness (QED) is 0.548. The molecule has 1 aromatic rings. The van der Waals surface area contributed by atoms with Crippen molar-refractivity contribution in [3.05, 3.63) is 34.9 Å². The first-order chi connectivity index (χ1) is 11.5. The number of carbonyl (C=O) groups excluding carboxylic acids is 1. The van der Waals surface area contributed by atoms with Gasteiger partial charge in [0, 0.05) is 18.5 Å². The van der Waals surface area contributed by atoms with E-state index in [0.29, 0.717) is 6.42 Å². The van der Waals surface area contributed by atoms with E-state index < -0.39 is 5.97 Å². The second-order valence-electron chi connectivity index (χ2n) is 6.53. The molecule has 0 aliphatic rings. The number of aliphatic carboxylic acids is 1. The van der Waals surface area contributed by atoms with Gasteiger partial charge in [-0.15, -0.1) is 0 Å². The van der Waals surface area contributed by atoms with Crippen molar-refractivity contribution in [2.45, 2.75) is 71.6 Å². The smallest absolute Gasteiger partial charge is 0.303 e. The Morgan fingerprint density at radius 3 is 2.04 bits per heavy atom. The van der Waals surface area contributed by atoms with Crippen LogP contribution in [0.3, 0.4) is 0 Å². The van der Waals surface area contributed by atoms with Crippen molar-refractivity contribution in [2.75, 3.05) is 6.54 Å². The predicted octanol–water partition coefficient (Wildman–Crippen LogP) is 4.63. The molecule has 134 valence electrons. The summed E-state index contributed by atoms with van der Waals surface area (Å²) in [5, 5.41) is 11.5. The summed E-state index contributed by atoms with van der Waals surface area (Å²) in [6.45, 7) is 4.79. The van der Waals surface area contributed by atoms with Crippen LogP contribution in [-0.4, -0.2) is 23.5 Å². The summed E-state index contributed by atoms with van der Waals surface area (Å²) in [4.78, 5) is 22.4. The summed E-state index contributed by atoms with van der Waals surface area (Å²) < 4.78 is 0. The number of aryl methyl sites for hydroxylation is 2.